The van der Waals surface area contributed by atoms with Crippen molar-refractivity contribution in [1.29, 1.82) is 0 Å². The van der Waals surface area contributed by atoms with Gasteiger partial charge in [-0.2, -0.15) is 0 Å². The van der Waals surface area contributed by atoms with Crippen LogP contribution in [-0.4, -0.2) is 28.2 Å². The van der Waals surface area contributed by atoms with Crippen LogP contribution < -0.4 is 13.9 Å². The molecule has 2 aromatic rings. The Morgan fingerprint density at radius 1 is 1.04 bits per heavy atom. The third-order valence-corrected chi connectivity index (χ3v) is 6.44. The average Bonchev–Trinajstić information content (AvgIpc) is 3.38. The summed E-state index contributed by atoms with van der Waals surface area (Å²) in [6, 6.07) is 10.7. The fraction of sp³-hybridized carbons (Fsp3) is 0.333. The van der Waals surface area contributed by atoms with E-state index >= 15 is 0 Å². The van der Waals surface area contributed by atoms with Gasteiger partial charge < -0.3 is 5.32 Å². The number of nitrogens with zero attached hydrogens (tertiary/aromatic N) is 2. The van der Waals surface area contributed by atoms with Crippen LogP contribution in [0.5, 0.6) is 0 Å². The second kappa shape index (κ2) is 6.70. The summed E-state index contributed by atoms with van der Waals surface area (Å²) in [7, 11) is -3.48. The topological polar surface area (TPSA) is 59.0 Å². The minimum atomic E-state index is -3.48. The molecule has 1 saturated carbocycles. The van der Waals surface area contributed by atoms with E-state index in [1.807, 2.05) is 0 Å². The van der Waals surface area contributed by atoms with E-state index in [1.165, 1.54) is 27.5 Å². The maximum atomic E-state index is 14.4. The van der Waals surface area contributed by atoms with Crippen molar-refractivity contribution in [3.63, 3.8) is 0 Å². The van der Waals surface area contributed by atoms with Crippen LogP contribution in [0.2, 0.25) is 0 Å². The smallest absolute Gasteiger partial charge is 0.151 e. The highest BCUT2D eigenvalue weighted by atomic mass is 32.3. The quantitative estimate of drug-likeness (QED) is 0.636. The zero-order valence-corrected chi connectivity index (χ0v) is 14.9. The molecule has 4 rings (SSSR count). The van der Waals surface area contributed by atoms with Gasteiger partial charge in [-0.15, -0.1) is 0 Å². The largest absolute Gasteiger partial charge is 0.314 e. The van der Waals surface area contributed by atoms with Crippen molar-refractivity contribution in [3.8, 4) is 0 Å². The maximum absolute atomic E-state index is 14.4. The summed E-state index contributed by atoms with van der Waals surface area (Å²) in [5, 5.41) is 3.39. The summed E-state index contributed by atoms with van der Waals surface area (Å²) < 4.78 is 52.1. The standard InChI is InChI=1S/C18H21F2N3O2S/c19-13-6-9-16(15(20)12-13)23-18-5-2-1-4-17(18)22(26(23,24)25)11-3-10-21-14-7-8-14/h1-2,4-6,9,12,14,21,24-25H,3,7-8,10-11H2. The van der Waals surface area contributed by atoms with E-state index in [4.69, 9.17) is 0 Å². The monoisotopic (exact) mass is 381 g/mol. The van der Waals surface area contributed by atoms with Gasteiger partial charge in [0, 0.05) is 18.7 Å². The fourth-order valence-corrected chi connectivity index (χ4v) is 5.00. The molecule has 1 fully saturated rings. The Kier molecular flexibility index (Phi) is 4.52. The van der Waals surface area contributed by atoms with E-state index in [0.29, 0.717) is 24.0 Å². The van der Waals surface area contributed by atoms with Crippen LogP contribution in [-0.2, 0) is 0 Å². The summed E-state index contributed by atoms with van der Waals surface area (Å²) in [6.07, 6.45) is 3.11. The van der Waals surface area contributed by atoms with Crippen molar-refractivity contribution in [2.75, 3.05) is 21.7 Å². The maximum Gasteiger partial charge on any atom is 0.151 e. The molecule has 3 N–H and O–H groups in total. The van der Waals surface area contributed by atoms with Gasteiger partial charge in [0.1, 0.15) is 11.5 Å². The molecule has 0 aromatic heterocycles. The highest BCUT2D eigenvalue weighted by Crippen LogP contribution is 2.64. The number of nitrogens with one attached hydrogen (secondary N) is 1. The molecule has 2 aliphatic rings. The van der Waals surface area contributed by atoms with E-state index < -0.39 is 22.6 Å². The first kappa shape index (κ1) is 17.5. The predicted octanol–water partition coefficient (Wildman–Crippen LogP) is 4.65. The summed E-state index contributed by atoms with van der Waals surface area (Å²) in [6.45, 7) is 1.20. The molecule has 1 heterocycles. The van der Waals surface area contributed by atoms with E-state index in [0.717, 1.165) is 25.1 Å². The Balaban J connectivity index is 1.64. The number of halogens is 2. The normalized spacial score (nSPS) is 19.5. The zero-order chi connectivity index (χ0) is 18.3. The van der Waals surface area contributed by atoms with Gasteiger partial charge in [-0.3, -0.25) is 13.4 Å². The van der Waals surface area contributed by atoms with Crippen LogP contribution in [0.4, 0.5) is 25.8 Å². The van der Waals surface area contributed by atoms with Gasteiger partial charge in [0.05, 0.1) is 11.4 Å². The molecule has 0 saturated heterocycles. The number of anilines is 3. The van der Waals surface area contributed by atoms with Gasteiger partial charge in [0.2, 0.25) is 0 Å². The van der Waals surface area contributed by atoms with Crippen LogP contribution in [0, 0.1) is 11.6 Å². The molecule has 0 bridgehead atoms. The van der Waals surface area contributed by atoms with Crippen LogP contribution >= 0.6 is 11.0 Å². The number of fused-ring (bicyclic) bond motifs is 1. The van der Waals surface area contributed by atoms with Crippen molar-refractivity contribution in [3.05, 3.63) is 54.1 Å². The molecule has 1 aliphatic carbocycles. The van der Waals surface area contributed by atoms with Gasteiger partial charge in [-0.05, 0) is 61.0 Å². The lowest BCUT2D eigenvalue weighted by Gasteiger charge is -2.43. The third kappa shape index (κ3) is 3.14. The molecule has 5 nitrogen and oxygen atoms in total. The van der Waals surface area contributed by atoms with Crippen LogP contribution in [0.1, 0.15) is 19.3 Å². The Hall–Kier alpha value is -1.87. The Morgan fingerprint density at radius 2 is 1.77 bits per heavy atom. The molecule has 0 spiro atoms. The Labute approximate surface area is 152 Å². The van der Waals surface area contributed by atoms with Crippen molar-refractivity contribution >= 4 is 28.0 Å². The Bertz CT molecular complexity index is 817. The van der Waals surface area contributed by atoms with E-state index in [9.17, 15) is 17.9 Å². The first-order chi connectivity index (χ1) is 12.5. The minimum absolute atomic E-state index is 0.0579. The van der Waals surface area contributed by atoms with Gasteiger partial charge >= 0.3 is 0 Å². The summed E-state index contributed by atoms with van der Waals surface area (Å²) in [5.41, 5.74) is 1.06. The Morgan fingerprint density at radius 3 is 2.46 bits per heavy atom. The van der Waals surface area contributed by atoms with E-state index in [2.05, 4.69) is 5.32 Å². The van der Waals surface area contributed by atoms with Crippen LogP contribution in [0.3, 0.4) is 0 Å². The lowest BCUT2D eigenvalue weighted by molar-refractivity contribution is 0.481. The molecule has 8 heteroatoms. The van der Waals surface area contributed by atoms with E-state index in [1.54, 1.807) is 24.3 Å². The first-order valence-corrected chi connectivity index (χ1v) is 10.1. The first-order valence-electron chi connectivity index (χ1n) is 8.62. The lowest BCUT2D eigenvalue weighted by atomic mass is 10.2. The van der Waals surface area contributed by atoms with Crippen LogP contribution in [0.15, 0.2) is 42.5 Å². The number of rotatable bonds is 6. The predicted molar refractivity (Wildman–Crippen MR) is 101 cm³/mol. The molecule has 0 amide bonds. The molecule has 0 unspecified atom stereocenters. The fourth-order valence-electron chi connectivity index (χ4n) is 3.18. The summed E-state index contributed by atoms with van der Waals surface area (Å²) >= 11 is 0. The van der Waals surface area contributed by atoms with E-state index in [-0.39, 0.29) is 5.69 Å². The second-order valence-electron chi connectivity index (χ2n) is 6.55. The molecule has 2 aromatic carbocycles. The van der Waals surface area contributed by atoms with Crippen molar-refractivity contribution in [2.45, 2.75) is 25.3 Å². The molecule has 140 valence electrons. The van der Waals surface area contributed by atoms with Crippen molar-refractivity contribution < 1.29 is 17.9 Å². The zero-order valence-electron chi connectivity index (χ0n) is 14.1. The highest BCUT2D eigenvalue weighted by Gasteiger charge is 2.42. The average molecular weight is 381 g/mol. The summed E-state index contributed by atoms with van der Waals surface area (Å²) in [5.74, 6) is -1.55. The summed E-state index contributed by atoms with van der Waals surface area (Å²) in [4.78, 5) is 0. The number of benzene rings is 2. The third-order valence-electron chi connectivity index (χ3n) is 4.59. The van der Waals surface area contributed by atoms with Gasteiger partial charge in [-0.25, -0.2) is 13.1 Å². The van der Waals surface area contributed by atoms with Crippen molar-refractivity contribution in [1.82, 2.24) is 5.32 Å². The second-order valence-corrected chi connectivity index (χ2v) is 8.34. The number of hydrogen-bond acceptors (Lipinski definition) is 5. The van der Waals surface area contributed by atoms with Gasteiger partial charge in [-0.1, -0.05) is 12.1 Å². The van der Waals surface area contributed by atoms with Crippen molar-refractivity contribution in [2.24, 2.45) is 0 Å². The lowest BCUT2D eigenvalue weighted by Crippen LogP contribution is -2.33. The number of hydrogen-bond donors (Lipinski definition) is 3. The van der Waals surface area contributed by atoms with Gasteiger partial charge in [0.25, 0.3) is 0 Å². The molecular formula is C18H21F2N3O2S. The molecule has 1 aliphatic heterocycles. The van der Waals surface area contributed by atoms with Gasteiger partial charge in [0.15, 0.2) is 5.82 Å². The molecule has 0 atom stereocenters. The minimum Gasteiger partial charge on any atom is -0.314 e. The highest BCUT2D eigenvalue weighted by molar-refractivity contribution is 8.27. The number of para-hydroxylation sites is 2. The molecular weight excluding hydrogens is 360 g/mol. The molecule has 0 radical (unpaired) electrons. The van der Waals surface area contributed by atoms with Crippen LogP contribution in [0.25, 0.3) is 0 Å². The SMILES string of the molecule is OS1(O)N(CCCNC2CC2)c2ccccc2N1c1ccc(F)cc1F. The molecule has 26 heavy (non-hydrogen) atoms.